The number of carbonyl (C=O) groups is 2. The molecular weight excluding hydrogens is 377 g/mol. The summed E-state index contributed by atoms with van der Waals surface area (Å²) in [6.07, 6.45) is 0. The molecule has 0 unspecified atom stereocenters. The first-order valence-corrected chi connectivity index (χ1v) is 8.55. The Balaban J connectivity index is 1.69. The molecule has 1 aromatic heterocycles. The van der Waals surface area contributed by atoms with E-state index >= 15 is 0 Å². The Morgan fingerprint density at radius 1 is 1.15 bits per heavy atom. The van der Waals surface area contributed by atoms with Crippen molar-refractivity contribution in [3.05, 3.63) is 59.4 Å². The molecule has 0 aliphatic carbocycles. The summed E-state index contributed by atoms with van der Waals surface area (Å²) in [5.74, 6) is -1.32. The first kappa shape index (κ1) is 17.9. The highest BCUT2D eigenvalue weighted by molar-refractivity contribution is 7.80. The lowest BCUT2D eigenvalue weighted by Crippen LogP contribution is -2.34. The van der Waals surface area contributed by atoms with Gasteiger partial charge in [0.25, 0.3) is 5.91 Å². The summed E-state index contributed by atoms with van der Waals surface area (Å²) in [7, 11) is 1.31. The van der Waals surface area contributed by atoms with E-state index in [0.717, 1.165) is 4.70 Å². The van der Waals surface area contributed by atoms with Gasteiger partial charge in [0.2, 0.25) is 0 Å². The molecule has 0 fully saturated rings. The Labute approximate surface area is 157 Å². The molecule has 2 N–H and O–H groups in total. The Bertz CT molecular complexity index is 1000. The molecule has 0 saturated heterocycles. The first-order valence-electron chi connectivity index (χ1n) is 7.33. The van der Waals surface area contributed by atoms with Crippen LogP contribution in [-0.2, 0) is 4.74 Å². The van der Waals surface area contributed by atoms with Gasteiger partial charge in [-0.15, -0.1) is 0 Å². The quantitative estimate of drug-likeness (QED) is 0.528. The minimum Gasteiger partial charge on any atom is -0.465 e. The number of fused-ring (bicyclic) bond motifs is 1. The van der Waals surface area contributed by atoms with E-state index in [1.54, 1.807) is 18.2 Å². The summed E-state index contributed by atoms with van der Waals surface area (Å²) in [6, 6.07) is 10.1. The fourth-order valence-electron chi connectivity index (χ4n) is 2.13. The number of anilines is 1. The van der Waals surface area contributed by atoms with Crippen molar-refractivity contribution in [1.82, 2.24) is 10.3 Å². The van der Waals surface area contributed by atoms with E-state index in [1.165, 1.54) is 42.7 Å². The predicted octanol–water partition coefficient (Wildman–Crippen LogP) is 3.35. The van der Waals surface area contributed by atoms with Crippen LogP contribution in [-0.4, -0.2) is 29.1 Å². The van der Waals surface area contributed by atoms with Crippen molar-refractivity contribution in [1.29, 1.82) is 0 Å². The Morgan fingerprint density at radius 3 is 2.54 bits per heavy atom. The molecule has 9 heteroatoms. The first-order chi connectivity index (χ1) is 12.5. The summed E-state index contributed by atoms with van der Waals surface area (Å²) < 4.78 is 18.4. The number of nitrogens with zero attached hydrogens (tertiary/aromatic N) is 1. The number of methoxy groups -OCH3 is 1. The van der Waals surface area contributed by atoms with Crippen molar-refractivity contribution >= 4 is 55.9 Å². The van der Waals surface area contributed by atoms with E-state index in [2.05, 4.69) is 20.4 Å². The molecule has 2 aromatic carbocycles. The number of thiocarbonyl (C=S) groups is 1. The van der Waals surface area contributed by atoms with Crippen molar-refractivity contribution in [3.63, 3.8) is 0 Å². The van der Waals surface area contributed by atoms with Crippen LogP contribution in [0.3, 0.4) is 0 Å². The number of carbonyl (C=O) groups excluding carboxylic acids is 2. The van der Waals surface area contributed by atoms with Crippen LogP contribution in [0.4, 0.5) is 9.52 Å². The number of hydrogen-bond acceptors (Lipinski definition) is 6. The zero-order valence-electron chi connectivity index (χ0n) is 13.4. The van der Waals surface area contributed by atoms with Gasteiger partial charge in [-0.25, -0.2) is 14.2 Å². The number of halogens is 1. The number of nitrogens with one attached hydrogen (secondary N) is 2. The molecule has 0 atom stereocenters. The minimum absolute atomic E-state index is 0.0616. The second-order valence-electron chi connectivity index (χ2n) is 5.11. The van der Waals surface area contributed by atoms with Gasteiger partial charge in [0.05, 0.1) is 22.9 Å². The van der Waals surface area contributed by atoms with Gasteiger partial charge >= 0.3 is 5.97 Å². The van der Waals surface area contributed by atoms with E-state index in [1.807, 2.05) is 0 Å². The zero-order chi connectivity index (χ0) is 18.7. The van der Waals surface area contributed by atoms with Crippen molar-refractivity contribution < 1.29 is 18.7 Å². The van der Waals surface area contributed by atoms with Gasteiger partial charge in [0.1, 0.15) is 5.82 Å². The van der Waals surface area contributed by atoms with Gasteiger partial charge < -0.3 is 10.1 Å². The molecule has 6 nitrogen and oxygen atoms in total. The molecule has 0 radical (unpaired) electrons. The molecule has 1 heterocycles. The van der Waals surface area contributed by atoms with Crippen LogP contribution in [0.1, 0.15) is 20.7 Å². The Hall–Kier alpha value is -2.91. The minimum atomic E-state index is -0.461. The maximum atomic E-state index is 12.9. The van der Waals surface area contributed by atoms with E-state index < -0.39 is 17.7 Å². The third kappa shape index (κ3) is 4.01. The largest absolute Gasteiger partial charge is 0.465 e. The molecule has 1 amide bonds. The van der Waals surface area contributed by atoms with Gasteiger partial charge in [-0.1, -0.05) is 11.3 Å². The van der Waals surface area contributed by atoms with Crippen molar-refractivity contribution in [2.75, 3.05) is 12.4 Å². The van der Waals surface area contributed by atoms with Crippen molar-refractivity contribution in [2.24, 2.45) is 0 Å². The second-order valence-corrected chi connectivity index (χ2v) is 6.55. The predicted molar refractivity (Wildman–Crippen MR) is 101 cm³/mol. The van der Waals surface area contributed by atoms with E-state index in [9.17, 15) is 14.0 Å². The number of ether oxygens (including phenoxy) is 1. The van der Waals surface area contributed by atoms with Gasteiger partial charge in [-0.2, -0.15) is 0 Å². The third-order valence-corrected chi connectivity index (χ3v) is 4.50. The van der Waals surface area contributed by atoms with Gasteiger partial charge in [-0.3, -0.25) is 10.1 Å². The number of thiazole rings is 1. The number of benzene rings is 2. The molecule has 0 bridgehead atoms. The average Bonchev–Trinajstić information content (AvgIpc) is 3.02. The zero-order valence-corrected chi connectivity index (χ0v) is 15.0. The summed E-state index contributed by atoms with van der Waals surface area (Å²) in [4.78, 5) is 28.0. The monoisotopic (exact) mass is 389 g/mol. The van der Waals surface area contributed by atoms with E-state index in [-0.39, 0.29) is 10.7 Å². The highest BCUT2D eigenvalue weighted by Gasteiger charge is 2.12. The second kappa shape index (κ2) is 7.54. The molecular formula is C17H12FN3O3S2. The van der Waals surface area contributed by atoms with Crippen LogP contribution in [0.25, 0.3) is 10.2 Å². The molecule has 132 valence electrons. The maximum Gasteiger partial charge on any atom is 0.337 e. The number of hydrogen-bond donors (Lipinski definition) is 2. The fourth-order valence-corrected chi connectivity index (χ4v) is 3.29. The molecule has 0 saturated carbocycles. The van der Waals surface area contributed by atoms with Crippen molar-refractivity contribution in [3.8, 4) is 0 Å². The molecule has 3 rings (SSSR count). The van der Waals surface area contributed by atoms with E-state index in [0.29, 0.717) is 16.2 Å². The molecule has 0 spiro atoms. The SMILES string of the molecule is COC(=O)c1ccc2nc(NC(=S)NC(=O)c3ccc(F)cc3)sc2c1. The summed E-state index contributed by atoms with van der Waals surface area (Å²) in [5, 5.41) is 5.85. The normalized spacial score (nSPS) is 10.4. The van der Waals surface area contributed by atoms with Crippen LogP contribution < -0.4 is 10.6 Å². The lowest BCUT2D eigenvalue weighted by molar-refractivity contribution is 0.0600. The van der Waals surface area contributed by atoms with Crippen molar-refractivity contribution in [2.45, 2.75) is 0 Å². The lowest BCUT2D eigenvalue weighted by Gasteiger charge is -2.06. The standard InChI is InChI=1S/C17H12FN3O3S2/c1-24-15(23)10-4-7-12-13(8-10)26-17(19-12)21-16(25)20-14(22)9-2-5-11(18)6-3-9/h2-8H,1H3,(H2,19,20,21,22,25). The number of esters is 1. The highest BCUT2D eigenvalue weighted by atomic mass is 32.1. The number of aromatic nitrogens is 1. The topological polar surface area (TPSA) is 80.3 Å². The lowest BCUT2D eigenvalue weighted by atomic mass is 10.2. The van der Waals surface area contributed by atoms with Crippen LogP contribution in [0.5, 0.6) is 0 Å². The fraction of sp³-hybridized carbons (Fsp3) is 0.0588. The molecule has 3 aromatic rings. The third-order valence-electron chi connectivity index (χ3n) is 3.36. The molecule has 0 aliphatic rings. The van der Waals surface area contributed by atoms with Crippen LogP contribution in [0, 0.1) is 5.82 Å². The number of amides is 1. The Kier molecular flexibility index (Phi) is 5.19. The average molecular weight is 389 g/mol. The smallest absolute Gasteiger partial charge is 0.337 e. The maximum absolute atomic E-state index is 12.9. The summed E-state index contributed by atoms with van der Waals surface area (Å²) >= 11 is 6.38. The van der Waals surface area contributed by atoms with Gasteiger partial charge in [-0.05, 0) is 54.7 Å². The van der Waals surface area contributed by atoms with Gasteiger partial charge in [0, 0.05) is 5.56 Å². The number of rotatable bonds is 3. The van der Waals surface area contributed by atoms with Crippen LogP contribution in [0.2, 0.25) is 0 Å². The van der Waals surface area contributed by atoms with Crippen LogP contribution in [0.15, 0.2) is 42.5 Å². The molecule has 0 aliphatic heterocycles. The summed E-state index contributed by atoms with van der Waals surface area (Å²) in [5.41, 5.74) is 1.38. The van der Waals surface area contributed by atoms with Gasteiger partial charge in [0.15, 0.2) is 10.2 Å². The van der Waals surface area contributed by atoms with Crippen LogP contribution >= 0.6 is 23.6 Å². The Morgan fingerprint density at radius 2 is 1.85 bits per heavy atom. The summed E-state index contributed by atoms with van der Waals surface area (Å²) in [6.45, 7) is 0. The molecule has 26 heavy (non-hydrogen) atoms. The van der Waals surface area contributed by atoms with E-state index in [4.69, 9.17) is 12.2 Å². The highest BCUT2D eigenvalue weighted by Crippen LogP contribution is 2.27.